The van der Waals surface area contributed by atoms with E-state index in [0.717, 1.165) is 37.9 Å². The molecule has 0 aliphatic heterocycles. The van der Waals surface area contributed by atoms with Gasteiger partial charge in [0.2, 0.25) is 5.89 Å². The first-order chi connectivity index (χ1) is 9.29. The van der Waals surface area contributed by atoms with E-state index in [-0.39, 0.29) is 6.04 Å². The Hall–Kier alpha value is -1.68. The molecular formula is C15H21N3O. The number of unbranched alkanes of at least 4 members (excludes halogenated alkanes) is 1. The molecular weight excluding hydrogens is 238 g/mol. The fourth-order valence-electron chi connectivity index (χ4n) is 1.97. The van der Waals surface area contributed by atoms with Crippen molar-refractivity contribution >= 4 is 0 Å². The van der Waals surface area contributed by atoms with Gasteiger partial charge in [0, 0.05) is 6.42 Å². The van der Waals surface area contributed by atoms with Crippen molar-refractivity contribution in [1.82, 2.24) is 10.1 Å². The van der Waals surface area contributed by atoms with Crippen LogP contribution < -0.4 is 5.73 Å². The highest BCUT2D eigenvalue weighted by Crippen LogP contribution is 2.15. The third-order valence-electron chi connectivity index (χ3n) is 3.15. The predicted molar refractivity (Wildman–Crippen MR) is 74.6 cm³/mol. The number of nitrogens with two attached hydrogens (primary N) is 1. The largest absolute Gasteiger partial charge is 0.338 e. The molecule has 0 aliphatic rings. The van der Waals surface area contributed by atoms with E-state index in [4.69, 9.17) is 10.3 Å². The number of aryl methyl sites for hydroxylation is 2. The number of hydrogen-bond donors (Lipinski definition) is 1. The van der Waals surface area contributed by atoms with E-state index in [1.807, 2.05) is 18.2 Å². The Bertz CT molecular complexity index is 481. The fraction of sp³-hybridized carbons (Fsp3) is 0.467. The Labute approximate surface area is 114 Å². The smallest absolute Gasteiger partial charge is 0.243 e. The molecule has 0 aliphatic carbocycles. The van der Waals surface area contributed by atoms with Crippen molar-refractivity contribution in [3.8, 4) is 0 Å². The molecule has 0 amide bonds. The maximum absolute atomic E-state index is 6.01. The molecule has 19 heavy (non-hydrogen) atoms. The Morgan fingerprint density at radius 1 is 1.21 bits per heavy atom. The first kappa shape index (κ1) is 13.7. The van der Waals surface area contributed by atoms with Gasteiger partial charge in [-0.1, -0.05) is 55.3 Å². The van der Waals surface area contributed by atoms with Gasteiger partial charge in [-0.15, -0.1) is 0 Å². The summed E-state index contributed by atoms with van der Waals surface area (Å²) in [6, 6.07) is 10.2. The summed E-state index contributed by atoms with van der Waals surface area (Å²) in [5.74, 6) is 1.31. The zero-order chi connectivity index (χ0) is 13.5. The summed E-state index contributed by atoms with van der Waals surface area (Å²) in [7, 11) is 0. The summed E-state index contributed by atoms with van der Waals surface area (Å²) in [5.41, 5.74) is 7.29. The minimum atomic E-state index is -0.127. The Morgan fingerprint density at radius 2 is 2.00 bits per heavy atom. The van der Waals surface area contributed by atoms with Gasteiger partial charge in [0.1, 0.15) is 0 Å². The van der Waals surface area contributed by atoms with Crippen LogP contribution in [-0.4, -0.2) is 10.1 Å². The quantitative estimate of drug-likeness (QED) is 0.830. The fourth-order valence-corrected chi connectivity index (χ4v) is 1.97. The third kappa shape index (κ3) is 4.17. The summed E-state index contributed by atoms with van der Waals surface area (Å²) in [6.45, 7) is 2.14. The molecule has 1 aromatic carbocycles. The Balaban J connectivity index is 1.87. The first-order valence-electron chi connectivity index (χ1n) is 6.91. The molecule has 4 heteroatoms. The molecule has 2 N–H and O–H groups in total. The number of benzene rings is 1. The minimum absolute atomic E-state index is 0.127. The van der Waals surface area contributed by atoms with Gasteiger partial charge in [-0.2, -0.15) is 4.98 Å². The van der Waals surface area contributed by atoms with Gasteiger partial charge in [-0.05, 0) is 18.4 Å². The molecule has 1 aromatic heterocycles. The van der Waals surface area contributed by atoms with E-state index in [1.54, 1.807) is 0 Å². The monoisotopic (exact) mass is 259 g/mol. The number of hydrogen-bond acceptors (Lipinski definition) is 4. The second-order valence-corrected chi connectivity index (χ2v) is 4.78. The maximum atomic E-state index is 6.01. The molecule has 0 spiro atoms. The van der Waals surface area contributed by atoms with Crippen LogP contribution >= 0.6 is 0 Å². The Kier molecular flexibility index (Phi) is 5.10. The van der Waals surface area contributed by atoms with Gasteiger partial charge >= 0.3 is 0 Å². The standard InChI is InChI=1S/C15H21N3O/c1-2-3-9-13(16)15-17-14(18-19-15)11-10-12-7-5-4-6-8-12/h4-8,13H,2-3,9-11,16H2,1H3/t13-/m0/s1. The molecule has 0 radical (unpaired) electrons. The second-order valence-electron chi connectivity index (χ2n) is 4.78. The second kappa shape index (κ2) is 7.04. The highest BCUT2D eigenvalue weighted by Gasteiger charge is 2.13. The van der Waals surface area contributed by atoms with E-state index in [1.165, 1.54) is 5.56 Å². The molecule has 2 aromatic rings. The van der Waals surface area contributed by atoms with E-state index >= 15 is 0 Å². The van der Waals surface area contributed by atoms with E-state index in [2.05, 4.69) is 29.2 Å². The molecule has 102 valence electrons. The highest BCUT2D eigenvalue weighted by atomic mass is 16.5. The summed E-state index contributed by atoms with van der Waals surface area (Å²) >= 11 is 0. The molecule has 4 nitrogen and oxygen atoms in total. The summed E-state index contributed by atoms with van der Waals surface area (Å²) in [5, 5.41) is 3.99. The van der Waals surface area contributed by atoms with Gasteiger partial charge in [-0.3, -0.25) is 0 Å². The summed E-state index contributed by atoms with van der Waals surface area (Å²) in [4.78, 5) is 4.38. The lowest BCUT2D eigenvalue weighted by molar-refractivity contribution is 0.342. The van der Waals surface area contributed by atoms with Gasteiger partial charge < -0.3 is 10.3 Å². The lowest BCUT2D eigenvalue weighted by atomic mass is 10.1. The van der Waals surface area contributed by atoms with Crippen LogP contribution in [0.4, 0.5) is 0 Å². The predicted octanol–water partition coefficient (Wildman–Crippen LogP) is 3.04. The molecule has 0 saturated heterocycles. The maximum Gasteiger partial charge on any atom is 0.243 e. The van der Waals surface area contributed by atoms with E-state index < -0.39 is 0 Å². The topological polar surface area (TPSA) is 64.9 Å². The van der Waals surface area contributed by atoms with Crippen LogP contribution in [0.3, 0.4) is 0 Å². The van der Waals surface area contributed by atoms with E-state index in [9.17, 15) is 0 Å². The van der Waals surface area contributed by atoms with Crippen LogP contribution in [-0.2, 0) is 12.8 Å². The van der Waals surface area contributed by atoms with Crippen molar-refractivity contribution in [3.63, 3.8) is 0 Å². The van der Waals surface area contributed by atoms with Crippen molar-refractivity contribution in [1.29, 1.82) is 0 Å². The van der Waals surface area contributed by atoms with Gasteiger partial charge in [-0.25, -0.2) is 0 Å². The number of rotatable bonds is 7. The van der Waals surface area contributed by atoms with Crippen molar-refractivity contribution in [2.45, 2.75) is 45.1 Å². The van der Waals surface area contributed by atoms with Crippen molar-refractivity contribution < 1.29 is 4.52 Å². The summed E-state index contributed by atoms with van der Waals surface area (Å²) < 4.78 is 5.23. The normalized spacial score (nSPS) is 12.5. The zero-order valence-electron chi connectivity index (χ0n) is 11.4. The average Bonchev–Trinajstić information content (AvgIpc) is 2.92. The van der Waals surface area contributed by atoms with Gasteiger partial charge in [0.25, 0.3) is 0 Å². The van der Waals surface area contributed by atoms with E-state index in [0.29, 0.717) is 5.89 Å². The van der Waals surface area contributed by atoms with Crippen molar-refractivity contribution in [3.05, 3.63) is 47.6 Å². The zero-order valence-corrected chi connectivity index (χ0v) is 11.4. The Morgan fingerprint density at radius 3 is 2.74 bits per heavy atom. The molecule has 0 fully saturated rings. The first-order valence-corrected chi connectivity index (χ1v) is 6.91. The van der Waals surface area contributed by atoms with Crippen LogP contribution in [0.15, 0.2) is 34.9 Å². The SMILES string of the molecule is CCCC[C@H](N)c1nc(CCc2ccccc2)no1. The molecule has 1 heterocycles. The number of aromatic nitrogens is 2. The molecule has 2 rings (SSSR count). The lowest BCUT2D eigenvalue weighted by Gasteiger charge is -2.03. The van der Waals surface area contributed by atoms with Gasteiger partial charge in [0.15, 0.2) is 5.82 Å². The minimum Gasteiger partial charge on any atom is -0.338 e. The van der Waals surface area contributed by atoms with Crippen LogP contribution in [0.5, 0.6) is 0 Å². The molecule has 0 bridgehead atoms. The highest BCUT2D eigenvalue weighted by molar-refractivity contribution is 5.15. The molecule has 1 atom stereocenters. The molecule has 0 unspecified atom stereocenters. The van der Waals surface area contributed by atoms with Gasteiger partial charge in [0.05, 0.1) is 6.04 Å². The van der Waals surface area contributed by atoms with Crippen LogP contribution in [0.1, 0.15) is 49.5 Å². The molecule has 0 saturated carbocycles. The number of nitrogens with zero attached hydrogens (tertiary/aromatic N) is 2. The van der Waals surface area contributed by atoms with Crippen molar-refractivity contribution in [2.24, 2.45) is 5.73 Å². The third-order valence-corrected chi connectivity index (χ3v) is 3.15. The van der Waals surface area contributed by atoms with Crippen LogP contribution in [0, 0.1) is 0 Å². The van der Waals surface area contributed by atoms with Crippen LogP contribution in [0.25, 0.3) is 0 Å². The van der Waals surface area contributed by atoms with Crippen molar-refractivity contribution in [2.75, 3.05) is 0 Å². The lowest BCUT2D eigenvalue weighted by Crippen LogP contribution is -2.10. The summed E-state index contributed by atoms with van der Waals surface area (Å²) in [6.07, 6.45) is 4.82. The average molecular weight is 259 g/mol. The van der Waals surface area contributed by atoms with Crippen LogP contribution in [0.2, 0.25) is 0 Å².